The van der Waals surface area contributed by atoms with Gasteiger partial charge in [-0.3, -0.25) is 9.59 Å². The maximum atomic E-state index is 15.3. The summed E-state index contributed by atoms with van der Waals surface area (Å²) in [5, 5.41) is 3.88. The van der Waals surface area contributed by atoms with Gasteiger partial charge in [0.2, 0.25) is 5.91 Å². The molecule has 0 bridgehead atoms. The number of nitrogens with one attached hydrogen (secondary N) is 1. The number of thiazole rings is 1. The summed E-state index contributed by atoms with van der Waals surface area (Å²) in [6, 6.07) is 2.37. The highest BCUT2D eigenvalue weighted by Gasteiger charge is 2.74. The number of aliphatic imine (C=N–C) groups is 1. The Balaban J connectivity index is 2.07. The van der Waals surface area contributed by atoms with E-state index in [1.54, 1.807) is 0 Å². The van der Waals surface area contributed by atoms with Crippen LogP contribution in [0.5, 0.6) is 0 Å². The van der Waals surface area contributed by atoms with Crippen molar-refractivity contribution in [1.29, 1.82) is 0 Å². The second-order valence-corrected chi connectivity index (χ2v) is 7.12. The first-order valence-corrected chi connectivity index (χ1v) is 8.82. The molecule has 2 heterocycles. The largest absolute Gasteiger partial charge is 0.468 e. The molecule has 2 aliphatic rings. The number of alkyl halides is 3. The summed E-state index contributed by atoms with van der Waals surface area (Å²) < 4.78 is 63.6. The van der Waals surface area contributed by atoms with Crippen LogP contribution in [0.4, 0.5) is 17.6 Å². The molecule has 146 valence electrons. The molecule has 1 amide bonds. The lowest BCUT2D eigenvalue weighted by Crippen LogP contribution is -2.61. The van der Waals surface area contributed by atoms with E-state index >= 15 is 8.78 Å². The third-order valence-corrected chi connectivity index (χ3v) is 5.59. The molecule has 1 aliphatic heterocycles. The molecule has 3 atom stereocenters. The van der Waals surface area contributed by atoms with E-state index in [2.05, 4.69) is 20.0 Å². The standard InChI is InChI=1S/C17H11F4N3O3S/c1-27-15(26)10-13(25)23-12(14-22-4-5-28-14)24-16(10)9-3-2-7(18)6-8(9)11(19)17(16,20)21/h2-6,10-11H,1H3,(H,23,24,25). The minimum Gasteiger partial charge on any atom is -0.468 e. The maximum Gasteiger partial charge on any atom is 0.321 e. The van der Waals surface area contributed by atoms with Crippen LogP contribution in [0.2, 0.25) is 0 Å². The lowest BCUT2D eigenvalue weighted by molar-refractivity contribution is -0.174. The lowest BCUT2D eigenvalue weighted by Gasteiger charge is -2.40. The molecule has 4 rings (SSSR count). The van der Waals surface area contributed by atoms with Crippen LogP contribution in [0.1, 0.15) is 22.3 Å². The van der Waals surface area contributed by atoms with Gasteiger partial charge in [0.05, 0.1) is 7.11 Å². The minimum atomic E-state index is -4.33. The fourth-order valence-corrected chi connectivity index (χ4v) is 4.21. The summed E-state index contributed by atoms with van der Waals surface area (Å²) in [7, 11) is 0.912. The highest BCUT2D eigenvalue weighted by molar-refractivity contribution is 7.11. The Morgan fingerprint density at radius 1 is 1.36 bits per heavy atom. The molecule has 0 saturated heterocycles. The van der Waals surface area contributed by atoms with Gasteiger partial charge in [-0.05, 0) is 17.7 Å². The molecule has 3 unspecified atom stereocenters. The molecule has 11 heteroatoms. The van der Waals surface area contributed by atoms with Gasteiger partial charge in [0.15, 0.2) is 28.5 Å². The molecule has 6 nitrogen and oxygen atoms in total. The van der Waals surface area contributed by atoms with Gasteiger partial charge in [-0.2, -0.15) is 8.78 Å². The number of fused-ring (bicyclic) bond motifs is 2. The van der Waals surface area contributed by atoms with E-state index in [4.69, 9.17) is 0 Å². The van der Waals surface area contributed by atoms with E-state index in [0.29, 0.717) is 6.07 Å². The van der Waals surface area contributed by atoms with Crippen LogP contribution in [0.3, 0.4) is 0 Å². The van der Waals surface area contributed by atoms with Crippen molar-refractivity contribution >= 4 is 29.0 Å². The van der Waals surface area contributed by atoms with Crippen molar-refractivity contribution in [3.05, 3.63) is 51.7 Å². The van der Waals surface area contributed by atoms with E-state index in [9.17, 15) is 18.4 Å². The molecule has 0 radical (unpaired) electrons. The molecule has 1 aromatic heterocycles. The fourth-order valence-electron chi connectivity index (χ4n) is 3.63. The number of carbonyl (C=O) groups is 2. The Kier molecular flexibility index (Phi) is 4.03. The zero-order chi connectivity index (χ0) is 20.3. The van der Waals surface area contributed by atoms with Crippen LogP contribution >= 0.6 is 11.3 Å². The number of halogens is 4. The number of ether oxygens (including phenoxy) is 1. The van der Waals surface area contributed by atoms with E-state index in [0.717, 1.165) is 30.6 Å². The van der Waals surface area contributed by atoms with Gasteiger partial charge < -0.3 is 10.1 Å². The van der Waals surface area contributed by atoms with Crippen LogP contribution in [-0.4, -0.2) is 35.7 Å². The maximum absolute atomic E-state index is 15.3. The van der Waals surface area contributed by atoms with Crippen molar-refractivity contribution < 1.29 is 31.9 Å². The third-order valence-electron chi connectivity index (χ3n) is 4.81. The van der Waals surface area contributed by atoms with Crippen molar-refractivity contribution in [2.24, 2.45) is 10.9 Å². The Hall–Kier alpha value is -2.82. The van der Waals surface area contributed by atoms with Gasteiger partial charge in [0.25, 0.3) is 0 Å². The summed E-state index contributed by atoms with van der Waals surface area (Å²) in [5.74, 6) is -10.2. The fraction of sp³-hybridized carbons (Fsp3) is 0.294. The van der Waals surface area contributed by atoms with Gasteiger partial charge >= 0.3 is 11.9 Å². The quantitative estimate of drug-likeness (QED) is 0.466. The van der Waals surface area contributed by atoms with Gasteiger partial charge in [-0.25, -0.2) is 18.8 Å². The number of amidine groups is 1. The number of amides is 1. The molecule has 2 aromatic rings. The number of hydrogen-bond donors (Lipinski definition) is 1. The van der Waals surface area contributed by atoms with Crippen molar-refractivity contribution in [3.63, 3.8) is 0 Å². The number of aromatic nitrogens is 1. The Bertz CT molecular complexity index is 1010. The van der Waals surface area contributed by atoms with Crippen molar-refractivity contribution in [1.82, 2.24) is 10.3 Å². The average molecular weight is 413 g/mol. The van der Waals surface area contributed by atoms with Crippen LogP contribution in [-0.2, 0) is 19.9 Å². The van der Waals surface area contributed by atoms with Crippen molar-refractivity contribution in [3.8, 4) is 0 Å². The first-order valence-electron chi connectivity index (χ1n) is 7.94. The number of nitrogens with zero attached hydrogens (tertiary/aromatic N) is 2. The zero-order valence-electron chi connectivity index (χ0n) is 14.1. The molecule has 1 spiro atoms. The van der Waals surface area contributed by atoms with Crippen molar-refractivity contribution in [2.45, 2.75) is 17.6 Å². The minimum absolute atomic E-state index is 0.0952. The van der Waals surface area contributed by atoms with Gasteiger partial charge in [0.1, 0.15) is 5.82 Å². The normalized spacial score (nSPS) is 27.9. The van der Waals surface area contributed by atoms with E-state index in [1.807, 2.05) is 0 Å². The topological polar surface area (TPSA) is 80.7 Å². The zero-order valence-corrected chi connectivity index (χ0v) is 14.9. The van der Waals surface area contributed by atoms with Crippen LogP contribution in [0.25, 0.3) is 0 Å². The molecule has 28 heavy (non-hydrogen) atoms. The van der Waals surface area contributed by atoms with Gasteiger partial charge in [-0.1, -0.05) is 6.07 Å². The molecule has 0 saturated carbocycles. The number of hydrogen-bond acceptors (Lipinski definition) is 6. The molecule has 1 aliphatic carbocycles. The second kappa shape index (κ2) is 6.09. The number of benzene rings is 1. The number of rotatable bonds is 2. The highest BCUT2D eigenvalue weighted by atomic mass is 32.1. The first kappa shape index (κ1) is 18.5. The summed E-state index contributed by atoms with van der Waals surface area (Å²) in [6.07, 6.45) is -1.61. The predicted octanol–water partition coefficient (Wildman–Crippen LogP) is 2.50. The summed E-state index contributed by atoms with van der Waals surface area (Å²) >= 11 is 1.00. The summed E-state index contributed by atoms with van der Waals surface area (Å²) in [6.45, 7) is 0. The average Bonchev–Trinajstić information content (AvgIpc) is 3.24. The predicted molar refractivity (Wildman–Crippen MR) is 89.2 cm³/mol. The van der Waals surface area contributed by atoms with E-state index < -0.39 is 52.4 Å². The Morgan fingerprint density at radius 2 is 2.11 bits per heavy atom. The Morgan fingerprint density at radius 3 is 2.75 bits per heavy atom. The number of carbonyl (C=O) groups excluding carboxylic acids is 2. The molecule has 1 aromatic carbocycles. The van der Waals surface area contributed by atoms with Gasteiger partial charge in [0, 0.05) is 17.1 Å². The Labute approximate surface area is 159 Å². The first-order chi connectivity index (χ1) is 13.2. The molecule has 1 N–H and O–H groups in total. The van der Waals surface area contributed by atoms with E-state index in [1.165, 1.54) is 11.6 Å². The molecular formula is C17H11F4N3O3S. The van der Waals surface area contributed by atoms with E-state index in [-0.39, 0.29) is 10.8 Å². The number of esters is 1. The monoisotopic (exact) mass is 413 g/mol. The summed E-state index contributed by atoms with van der Waals surface area (Å²) in [5.41, 5.74) is -4.06. The van der Waals surface area contributed by atoms with Gasteiger partial charge in [-0.15, -0.1) is 11.3 Å². The lowest BCUT2D eigenvalue weighted by atomic mass is 9.75. The van der Waals surface area contributed by atoms with Crippen LogP contribution in [0.15, 0.2) is 34.8 Å². The second-order valence-electron chi connectivity index (χ2n) is 6.23. The number of methoxy groups -OCH3 is 1. The molecular weight excluding hydrogens is 402 g/mol. The SMILES string of the molecule is COC(=O)C1C(=O)NC(c2nccs2)=NC12c1ccc(F)cc1C(F)C2(F)F. The van der Waals surface area contributed by atoms with Crippen LogP contribution < -0.4 is 5.32 Å². The van der Waals surface area contributed by atoms with Crippen molar-refractivity contribution in [2.75, 3.05) is 7.11 Å². The smallest absolute Gasteiger partial charge is 0.321 e. The molecule has 0 fully saturated rings. The third kappa shape index (κ3) is 2.25. The summed E-state index contributed by atoms with van der Waals surface area (Å²) in [4.78, 5) is 32.9. The van der Waals surface area contributed by atoms with Crippen LogP contribution in [0, 0.1) is 11.7 Å². The highest BCUT2D eigenvalue weighted by Crippen LogP contribution is 2.62.